The fourth-order valence-electron chi connectivity index (χ4n) is 1.46. The van der Waals surface area contributed by atoms with Crippen molar-refractivity contribution in [3.8, 4) is 0 Å². The lowest BCUT2D eigenvalue weighted by molar-refractivity contribution is -0.0390. The number of halogens is 1. The molecular weight excluding hydrogens is 270 g/mol. The zero-order valence-electron chi connectivity index (χ0n) is 10.2. The lowest BCUT2D eigenvalue weighted by Crippen LogP contribution is -2.28. The van der Waals surface area contributed by atoms with Crippen LogP contribution in [0.2, 0.25) is 0 Å². The van der Waals surface area contributed by atoms with Gasteiger partial charge in [-0.3, -0.25) is 0 Å². The van der Waals surface area contributed by atoms with E-state index in [-0.39, 0.29) is 0 Å². The van der Waals surface area contributed by atoms with Crippen LogP contribution in [0.1, 0.15) is 38.7 Å². The number of nitrogens with zero attached hydrogens (tertiary/aromatic N) is 2. The van der Waals surface area contributed by atoms with Crippen LogP contribution in [-0.2, 0) is 10.3 Å². The fourth-order valence-corrected chi connectivity index (χ4v) is 1.64. The molecule has 1 unspecified atom stereocenters. The first-order valence-corrected chi connectivity index (χ1v) is 6.18. The van der Waals surface area contributed by atoms with Crippen molar-refractivity contribution in [2.24, 2.45) is 0 Å². The third-order valence-corrected chi connectivity index (χ3v) is 3.63. The Kier molecular flexibility index (Phi) is 4.27. The SMILES string of the molecule is CCOC(C)(CC)c1nc(C)c(Br)c(N)n1. The van der Waals surface area contributed by atoms with Gasteiger partial charge in [0.1, 0.15) is 11.4 Å². The van der Waals surface area contributed by atoms with E-state index in [9.17, 15) is 0 Å². The van der Waals surface area contributed by atoms with Crippen molar-refractivity contribution in [3.05, 3.63) is 16.0 Å². The fraction of sp³-hybridized carbons (Fsp3) is 0.636. The molecule has 0 bridgehead atoms. The summed E-state index contributed by atoms with van der Waals surface area (Å²) in [6, 6.07) is 0. The Morgan fingerprint density at radius 2 is 2.00 bits per heavy atom. The van der Waals surface area contributed by atoms with E-state index in [0.29, 0.717) is 18.2 Å². The molecule has 1 heterocycles. The highest BCUT2D eigenvalue weighted by Crippen LogP contribution is 2.29. The molecule has 0 aromatic carbocycles. The molecule has 0 spiro atoms. The highest BCUT2D eigenvalue weighted by Gasteiger charge is 2.29. The van der Waals surface area contributed by atoms with Crippen LogP contribution in [0.5, 0.6) is 0 Å². The summed E-state index contributed by atoms with van der Waals surface area (Å²) >= 11 is 3.35. The summed E-state index contributed by atoms with van der Waals surface area (Å²) in [5.74, 6) is 1.11. The average molecular weight is 288 g/mol. The highest BCUT2D eigenvalue weighted by atomic mass is 79.9. The minimum atomic E-state index is -0.464. The van der Waals surface area contributed by atoms with Gasteiger partial charge in [-0.25, -0.2) is 9.97 Å². The molecule has 0 amide bonds. The van der Waals surface area contributed by atoms with Gasteiger partial charge in [-0.1, -0.05) is 6.92 Å². The standard InChI is InChI=1S/C11H18BrN3O/c1-5-11(4,16-6-2)10-14-7(3)8(12)9(13)15-10/h5-6H2,1-4H3,(H2,13,14,15). The number of nitrogens with two attached hydrogens (primary N) is 1. The second-order valence-electron chi connectivity index (χ2n) is 3.85. The molecule has 4 nitrogen and oxygen atoms in total. The topological polar surface area (TPSA) is 61.0 Å². The molecule has 0 saturated carbocycles. The summed E-state index contributed by atoms with van der Waals surface area (Å²) in [4.78, 5) is 8.72. The van der Waals surface area contributed by atoms with Crippen molar-refractivity contribution in [1.82, 2.24) is 9.97 Å². The molecule has 1 atom stereocenters. The third kappa shape index (κ3) is 2.52. The van der Waals surface area contributed by atoms with Crippen molar-refractivity contribution in [3.63, 3.8) is 0 Å². The minimum absolute atomic E-state index is 0.460. The van der Waals surface area contributed by atoms with Crippen LogP contribution in [0.4, 0.5) is 5.82 Å². The van der Waals surface area contributed by atoms with Crippen LogP contribution in [0.25, 0.3) is 0 Å². The van der Waals surface area contributed by atoms with Crippen molar-refractivity contribution in [1.29, 1.82) is 0 Å². The lowest BCUT2D eigenvalue weighted by Gasteiger charge is -2.27. The predicted molar refractivity (Wildman–Crippen MR) is 68.2 cm³/mol. The maximum Gasteiger partial charge on any atom is 0.162 e. The number of rotatable bonds is 4. The average Bonchev–Trinajstić information content (AvgIpc) is 2.25. The van der Waals surface area contributed by atoms with Gasteiger partial charge in [-0.05, 0) is 43.1 Å². The molecule has 1 rings (SSSR count). The molecule has 0 fully saturated rings. The summed E-state index contributed by atoms with van der Waals surface area (Å²) < 4.78 is 6.47. The Balaban J connectivity index is 3.21. The molecular formula is C11H18BrN3O. The molecule has 2 N–H and O–H groups in total. The summed E-state index contributed by atoms with van der Waals surface area (Å²) in [7, 11) is 0. The molecule has 16 heavy (non-hydrogen) atoms. The largest absolute Gasteiger partial charge is 0.383 e. The maximum atomic E-state index is 5.82. The second-order valence-corrected chi connectivity index (χ2v) is 4.64. The van der Waals surface area contributed by atoms with Gasteiger partial charge in [0.25, 0.3) is 0 Å². The minimum Gasteiger partial charge on any atom is -0.383 e. The summed E-state index contributed by atoms with van der Waals surface area (Å²) in [6.07, 6.45) is 0.807. The Morgan fingerprint density at radius 3 is 2.44 bits per heavy atom. The summed E-state index contributed by atoms with van der Waals surface area (Å²) in [5, 5.41) is 0. The van der Waals surface area contributed by atoms with Gasteiger partial charge in [0.05, 0.1) is 10.2 Å². The molecule has 0 radical (unpaired) electrons. The van der Waals surface area contributed by atoms with Crippen LogP contribution >= 0.6 is 15.9 Å². The van der Waals surface area contributed by atoms with Crippen LogP contribution in [-0.4, -0.2) is 16.6 Å². The van der Waals surface area contributed by atoms with Crippen LogP contribution in [0, 0.1) is 6.92 Å². The number of aromatic nitrogens is 2. The van der Waals surface area contributed by atoms with Gasteiger partial charge in [-0.2, -0.15) is 0 Å². The van der Waals surface area contributed by atoms with Gasteiger partial charge >= 0.3 is 0 Å². The van der Waals surface area contributed by atoms with E-state index in [1.54, 1.807) is 0 Å². The molecule has 90 valence electrons. The van der Waals surface area contributed by atoms with Gasteiger partial charge in [0, 0.05) is 6.61 Å². The van der Waals surface area contributed by atoms with E-state index < -0.39 is 5.60 Å². The molecule has 5 heteroatoms. The number of nitrogen functional groups attached to an aromatic ring is 1. The number of aryl methyl sites for hydroxylation is 1. The van der Waals surface area contributed by atoms with E-state index in [1.165, 1.54) is 0 Å². The first-order chi connectivity index (χ1) is 7.44. The van der Waals surface area contributed by atoms with Gasteiger partial charge in [0.15, 0.2) is 5.82 Å². The third-order valence-electron chi connectivity index (χ3n) is 2.65. The Morgan fingerprint density at radius 1 is 1.38 bits per heavy atom. The normalized spacial score (nSPS) is 14.8. The number of hydrogen-bond donors (Lipinski definition) is 1. The molecule has 0 aliphatic heterocycles. The number of hydrogen-bond acceptors (Lipinski definition) is 4. The Labute approximate surface area is 105 Å². The van der Waals surface area contributed by atoms with Crippen molar-refractivity contribution in [2.75, 3.05) is 12.3 Å². The van der Waals surface area contributed by atoms with Gasteiger partial charge in [0.2, 0.25) is 0 Å². The van der Waals surface area contributed by atoms with Crippen molar-refractivity contribution < 1.29 is 4.74 Å². The summed E-state index contributed by atoms with van der Waals surface area (Å²) in [5.41, 5.74) is 6.19. The van der Waals surface area contributed by atoms with E-state index in [2.05, 4.69) is 25.9 Å². The van der Waals surface area contributed by atoms with E-state index in [0.717, 1.165) is 16.6 Å². The number of ether oxygens (including phenoxy) is 1. The highest BCUT2D eigenvalue weighted by molar-refractivity contribution is 9.10. The number of anilines is 1. The van der Waals surface area contributed by atoms with Crippen LogP contribution in [0.3, 0.4) is 0 Å². The molecule has 0 aliphatic carbocycles. The van der Waals surface area contributed by atoms with Gasteiger partial charge in [-0.15, -0.1) is 0 Å². The first kappa shape index (κ1) is 13.4. The second kappa shape index (κ2) is 5.10. The van der Waals surface area contributed by atoms with Crippen LogP contribution in [0.15, 0.2) is 4.47 Å². The predicted octanol–water partition coefficient (Wildman–Crippen LogP) is 2.79. The zero-order valence-corrected chi connectivity index (χ0v) is 11.8. The zero-order chi connectivity index (χ0) is 12.3. The maximum absolute atomic E-state index is 5.82. The van der Waals surface area contributed by atoms with E-state index in [1.807, 2.05) is 27.7 Å². The van der Waals surface area contributed by atoms with Gasteiger partial charge < -0.3 is 10.5 Å². The summed E-state index contributed by atoms with van der Waals surface area (Å²) in [6.45, 7) is 8.52. The molecule has 0 saturated heterocycles. The quantitative estimate of drug-likeness (QED) is 0.925. The Hall–Kier alpha value is -0.680. The lowest BCUT2D eigenvalue weighted by atomic mass is 10.0. The van der Waals surface area contributed by atoms with Crippen LogP contribution < -0.4 is 5.73 Å². The molecule has 0 aliphatic rings. The first-order valence-electron chi connectivity index (χ1n) is 5.38. The van der Waals surface area contributed by atoms with Crippen molar-refractivity contribution >= 4 is 21.7 Å². The Bertz CT molecular complexity index is 360. The van der Waals surface area contributed by atoms with Crippen molar-refractivity contribution in [2.45, 2.75) is 39.7 Å². The van der Waals surface area contributed by atoms with E-state index in [4.69, 9.17) is 10.5 Å². The smallest absolute Gasteiger partial charge is 0.162 e. The monoisotopic (exact) mass is 287 g/mol. The molecule has 1 aromatic rings. The molecule has 1 aromatic heterocycles. The van der Waals surface area contributed by atoms with E-state index >= 15 is 0 Å².